The number of nitrogens with zero attached hydrogens (tertiary/aromatic N) is 2. The number of rotatable bonds is 6. The lowest BCUT2D eigenvalue weighted by molar-refractivity contribution is -0.136. The van der Waals surface area contributed by atoms with E-state index in [2.05, 4.69) is 5.32 Å². The Hall–Kier alpha value is -3.30. The molecule has 3 heterocycles. The first kappa shape index (κ1) is 23.4. The summed E-state index contributed by atoms with van der Waals surface area (Å²) >= 11 is 5.94. The average molecular weight is 500 g/mol. The van der Waals surface area contributed by atoms with Gasteiger partial charge in [-0.1, -0.05) is 29.8 Å². The van der Waals surface area contributed by atoms with Crippen LogP contribution in [0.5, 0.6) is 11.5 Å². The second-order valence-electron chi connectivity index (χ2n) is 9.07. The number of halogens is 1. The van der Waals surface area contributed by atoms with E-state index in [1.54, 1.807) is 35.2 Å². The first-order valence-corrected chi connectivity index (χ1v) is 12.0. The van der Waals surface area contributed by atoms with Crippen LogP contribution in [-0.2, 0) is 21.7 Å². The predicted octanol–water partition coefficient (Wildman–Crippen LogP) is 2.78. The smallest absolute Gasteiger partial charge is 0.325 e. The number of aliphatic hydroxyl groups is 1. The lowest BCUT2D eigenvalue weighted by Gasteiger charge is -2.38. The molecule has 3 aliphatic heterocycles. The van der Waals surface area contributed by atoms with E-state index in [1.165, 1.54) is 0 Å². The van der Waals surface area contributed by atoms with Crippen LogP contribution in [0.3, 0.4) is 0 Å². The van der Waals surface area contributed by atoms with E-state index >= 15 is 0 Å². The number of carbonyl (C=O) groups excluding carboxylic acids is 3. The van der Waals surface area contributed by atoms with Crippen LogP contribution >= 0.6 is 11.6 Å². The summed E-state index contributed by atoms with van der Waals surface area (Å²) in [6, 6.07) is 11.2. The van der Waals surface area contributed by atoms with Crippen molar-refractivity contribution in [2.24, 2.45) is 0 Å². The molecule has 35 heavy (non-hydrogen) atoms. The van der Waals surface area contributed by atoms with Crippen LogP contribution in [0, 0.1) is 0 Å². The molecule has 2 N–H and O–H groups in total. The van der Waals surface area contributed by atoms with E-state index in [1.807, 2.05) is 12.1 Å². The molecule has 10 heteroatoms. The third kappa shape index (κ3) is 4.78. The molecule has 0 bridgehead atoms. The van der Waals surface area contributed by atoms with Crippen LogP contribution in [0.2, 0.25) is 5.02 Å². The number of urea groups is 1. The van der Waals surface area contributed by atoms with Gasteiger partial charge in [-0.25, -0.2) is 4.79 Å². The van der Waals surface area contributed by atoms with Crippen molar-refractivity contribution in [3.8, 4) is 11.5 Å². The topological polar surface area (TPSA) is 108 Å². The summed E-state index contributed by atoms with van der Waals surface area (Å²) in [6.45, 7) is 1.09. The lowest BCUT2D eigenvalue weighted by atomic mass is 9.84. The van der Waals surface area contributed by atoms with Crippen molar-refractivity contribution in [3.63, 3.8) is 0 Å². The van der Waals surface area contributed by atoms with Crippen molar-refractivity contribution >= 4 is 29.4 Å². The molecule has 3 aliphatic rings. The summed E-state index contributed by atoms with van der Waals surface area (Å²) in [6.07, 6.45) is 1.19. The predicted molar refractivity (Wildman–Crippen MR) is 126 cm³/mol. The summed E-state index contributed by atoms with van der Waals surface area (Å²) in [7, 11) is 0. The quantitative estimate of drug-likeness (QED) is 0.592. The van der Waals surface area contributed by atoms with Gasteiger partial charge in [0.1, 0.15) is 6.04 Å². The fraction of sp³-hybridized carbons (Fsp3) is 0.400. The van der Waals surface area contributed by atoms with Crippen molar-refractivity contribution < 1.29 is 29.0 Å². The van der Waals surface area contributed by atoms with Crippen molar-refractivity contribution in [2.75, 3.05) is 19.9 Å². The van der Waals surface area contributed by atoms with Gasteiger partial charge in [-0.3, -0.25) is 14.5 Å². The molecule has 0 spiro atoms. The largest absolute Gasteiger partial charge is 0.454 e. The first-order chi connectivity index (χ1) is 16.8. The Balaban J connectivity index is 1.12. The number of ether oxygens (including phenoxy) is 2. The third-order valence-electron chi connectivity index (χ3n) is 6.86. The Kier molecular flexibility index (Phi) is 6.29. The maximum Gasteiger partial charge on any atom is 0.325 e. The van der Waals surface area contributed by atoms with Gasteiger partial charge in [-0.2, -0.15) is 0 Å². The number of imide groups is 1. The molecule has 1 unspecified atom stereocenters. The van der Waals surface area contributed by atoms with Gasteiger partial charge < -0.3 is 24.8 Å². The molecule has 0 radical (unpaired) electrons. The SMILES string of the molecule is O=C(CCC1NC(=O)N(Cc2ccc3c(c2)OCO3)C1=O)N1CCC(O)(c2ccc(Cl)cc2)CC1. The standard InChI is InChI=1S/C25H26ClN3O6/c26-18-4-2-17(3-5-18)25(33)9-11-28(12-10-25)22(30)8-6-19-23(31)29(24(32)27-19)14-16-1-7-20-21(13-16)35-15-34-20/h1-5,7,13,19,33H,6,8-12,14-15H2,(H,27,32). The van der Waals surface area contributed by atoms with E-state index in [-0.39, 0.29) is 38.0 Å². The Morgan fingerprint density at radius 2 is 1.80 bits per heavy atom. The highest BCUT2D eigenvalue weighted by Gasteiger charge is 2.39. The van der Waals surface area contributed by atoms with Gasteiger partial charge in [-0.15, -0.1) is 0 Å². The number of fused-ring (bicyclic) bond motifs is 1. The van der Waals surface area contributed by atoms with Crippen molar-refractivity contribution in [2.45, 2.75) is 43.9 Å². The molecular weight excluding hydrogens is 474 g/mol. The van der Waals surface area contributed by atoms with Crippen LogP contribution < -0.4 is 14.8 Å². The molecule has 2 fully saturated rings. The van der Waals surface area contributed by atoms with Gasteiger partial charge in [0.15, 0.2) is 11.5 Å². The average Bonchev–Trinajstić information content (AvgIpc) is 3.43. The summed E-state index contributed by atoms with van der Waals surface area (Å²) in [5.41, 5.74) is 0.540. The fourth-order valence-corrected chi connectivity index (χ4v) is 4.87. The molecule has 1 atom stereocenters. The van der Waals surface area contributed by atoms with Gasteiger partial charge in [0.05, 0.1) is 12.1 Å². The maximum absolute atomic E-state index is 12.8. The van der Waals surface area contributed by atoms with Crippen molar-refractivity contribution in [1.82, 2.24) is 15.1 Å². The van der Waals surface area contributed by atoms with Gasteiger partial charge in [-0.05, 0) is 54.7 Å². The molecule has 2 aromatic rings. The maximum atomic E-state index is 12.8. The minimum absolute atomic E-state index is 0.0978. The molecule has 5 rings (SSSR count). The molecule has 4 amide bonds. The van der Waals surface area contributed by atoms with E-state index < -0.39 is 17.7 Å². The van der Waals surface area contributed by atoms with Gasteiger partial charge >= 0.3 is 6.03 Å². The van der Waals surface area contributed by atoms with Crippen LogP contribution in [0.25, 0.3) is 0 Å². The minimum atomic E-state index is -0.994. The minimum Gasteiger partial charge on any atom is -0.454 e. The number of hydrogen-bond donors (Lipinski definition) is 2. The summed E-state index contributed by atoms with van der Waals surface area (Å²) in [5, 5.41) is 14.3. The van der Waals surface area contributed by atoms with Gasteiger partial charge in [0, 0.05) is 24.5 Å². The zero-order chi connectivity index (χ0) is 24.6. The highest BCUT2D eigenvalue weighted by atomic mass is 35.5. The van der Waals surface area contributed by atoms with E-state index in [0.29, 0.717) is 42.5 Å². The second kappa shape index (κ2) is 9.39. The highest BCUT2D eigenvalue weighted by molar-refractivity contribution is 6.30. The third-order valence-corrected chi connectivity index (χ3v) is 7.11. The Morgan fingerprint density at radius 3 is 2.54 bits per heavy atom. The molecule has 0 aliphatic carbocycles. The molecule has 2 aromatic carbocycles. The molecular formula is C25H26ClN3O6. The monoisotopic (exact) mass is 499 g/mol. The van der Waals surface area contributed by atoms with Crippen LogP contribution in [0.15, 0.2) is 42.5 Å². The molecule has 2 saturated heterocycles. The first-order valence-electron chi connectivity index (χ1n) is 11.6. The van der Waals surface area contributed by atoms with Gasteiger partial charge in [0.25, 0.3) is 5.91 Å². The van der Waals surface area contributed by atoms with Crippen molar-refractivity contribution in [1.29, 1.82) is 0 Å². The number of likely N-dealkylation sites (tertiary alicyclic amines) is 1. The Labute approximate surface area is 207 Å². The van der Waals surface area contributed by atoms with E-state index in [4.69, 9.17) is 21.1 Å². The second-order valence-corrected chi connectivity index (χ2v) is 9.51. The number of nitrogens with one attached hydrogen (secondary N) is 1. The number of carbonyl (C=O) groups is 3. The zero-order valence-corrected chi connectivity index (χ0v) is 19.8. The van der Waals surface area contributed by atoms with Crippen molar-refractivity contribution in [3.05, 3.63) is 58.6 Å². The normalized spacial score (nSPS) is 20.8. The lowest BCUT2D eigenvalue weighted by Crippen LogP contribution is -2.45. The Morgan fingerprint density at radius 1 is 1.09 bits per heavy atom. The summed E-state index contributed by atoms with van der Waals surface area (Å²) < 4.78 is 10.6. The zero-order valence-electron chi connectivity index (χ0n) is 19.0. The Bertz CT molecular complexity index is 1150. The number of hydrogen-bond acceptors (Lipinski definition) is 6. The highest BCUT2D eigenvalue weighted by Crippen LogP contribution is 2.34. The molecule has 184 valence electrons. The van der Waals surface area contributed by atoms with E-state index in [0.717, 1.165) is 16.0 Å². The number of piperidine rings is 1. The van der Waals surface area contributed by atoms with Crippen LogP contribution in [0.1, 0.15) is 36.8 Å². The summed E-state index contributed by atoms with van der Waals surface area (Å²) in [4.78, 5) is 40.9. The number of amides is 4. The fourth-order valence-electron chi connectivity index (χ4n) is 4.74. The molecule has 0 aromatic heterocycles. The van der Waals surface area contributed by atoms with Crippen LogP contribution in [0.4, 0.5) is 4.79 Å². The summed E-state index contributed by atoms with van der Waals surface area (Å²) in [5.74, 6) is 0.767. The van der Waals surface area contributed by atoms with Gasteiger partial charge in [0.2, 0.25) is 12.7 Å². The number of benzene rings is 2. The molecule has 9 nitrogen and oxygen atoms in total. The van der Waals surface area contributed by atoms with Crippen LogP contribution in [-0.4, -0.2) is 58.7 Å². The van der Waals surface area contributed by atoms with E-state index in [9.17, 15) is 19.5 Å². The molecule has 0 saturated carbocycles.